The molecule has 23 heavy (non-hydrogen) atoms. The molecule has 0 saturated carbocycles. The van der Waals surface area contributed by atoms with Gasteiger partial charge in [0.15, 0.2) is 0 Å². The molecule has 0 heterocycles. The van der Waals surface area contributed by atoms with Crippen LogP contribution >= 0.6 is 0 Å². The van der Waals surface area contributed by atoms with Crippen LogP contribution in [-0.2, 0) is 11.2 Å². The van der Waals surface area contributed by atoms with E-state index in [9.17, 15) is 4.79 Å². The number of nitrogen functional groups attached to an aromatic ring is 1. The summed E-state index contributed by atoms with van der Waals surface area (Å²) in [5.41, 5.74) is 8.41. The third-order valence-electron chi connectivity index (χ3n) is 3.87. The first-order valence-electron chi connectivity index (χ1n) is 8.19. The van der Waals surface area contributed by atoms with Crippen molar-refractivity contribution in [3.05, 3.63) is 29.3 Å². The fourth-order valence-corrected chi connectivity index (χ4v) is 2.85. The van der Waals surface area contributed by atoms with Gasteiger partial charge in [-0.3, -0.25) is 0 Å². The molecule has 0 saturated heterocycles. The first-order valence-corrected chi connectivity index (χ1v) is 8.19. The number of ether oxygens (including phenoxy) is 1. The normalized spacial score (nSPS) is 17.7. The van der Waals surface area contributed by atoms with E-state index in [2.05, 4.69) is 22.8 Å². The Morgan fingerprint density at radius 3 is 2.65 bits per heavy atom. The van der Waals surface area contributed by atoms with Crippen molar-refractivity contribution in [2.45, 2.75) is 64.6 Å². The smallest absolute Gasteiger partial charge is 0.408 e. The molecule has 5 nitrogen and oxygen atoms in total. The molecule has 0 fully saturated rings. The van der Waals surface area contributed by atoms with Crippen molar-refractivity contribution in [1.82, 2.24) is 10.6 Å². The number of hydrogen-bond acceptors (Lipinski definition) is 4. The second kappa shape index (κ2) is 6.40. The number of hydrogen-bond donors (Lipinski definition) is 3. The summed E-state index contributed by atoms with van der Waals surface area (Å²) >= 11 is 0. The van der Waals surface area contributed by atoms with E-state index in [4.69, 9.17) is 10.5 Å². The largest absolute Gasteiger partial charge is 0.444 e. The molecule has 0 radical (unpaired) electrons. The molecule has 128 valence electrons. The van der Waals surface area contributed by atoms with Gasteiger partial charge >= 0.3 is 6.09 Å². The zero-order valence-corrected chi connectivity index (χ0v) is 14.8. The van der Waals surface area contributed by atoms with Gasteiger partial charge in [0.2, 0.25) is 0 Å². The third kappa shape index (κ3) is 5.13. The monoisotopic (exact) mass is 319 g/mol. The Morgan fingerprint density at radius 1 is 1.30 bits per heavy atom. The Labute approximate surface area is 139 Å². The van der Waals surface area contributed by atoms with E-state index in [1.807, 2.05) is 40.7 Å². The van der Waals surface area contributed by atoms with Gasteiger partial charge in [0.1, 0.15) is 5.60 Å². The summed E-state index contributed by atoms with van der Waals surface area (Å²) in [6.45, 7) is 10.2. The molecule has 0 spiro atoms. The van der Waals surface area contributed by atoms with E-state index in [1.165, 1.54) is 11.1 Å². The maximum absolute atomic E-state index is 11.9. The summed E-state index contributed by atoms with van der Waals surface area (Å²) in [6.07, 6.45) is 1.71. The van der Waals surface area contributed by atoms with Gasteiger partial charge < -0.3 is 21.1 Å². The maximum atomic E-state index is 11.9. The minimum absolute atomic E-state index is 0.310. The van der Waals surface area contributed by atoms with Crippen LogP contribution in [0.15, 0.2) is 18.2 Å². The van der Waals surface area contributed by atoms with Gasteiger partial charge in [0.05, 0.1) is 5.54 Å². The van der Waals surface area contributed by atoms with Crippen LogP contribution < -0.4 is 16.4 Å². The standard InChI is InChI=1S/C18H29N3O2/c1-17(2,3)23-16(22)21-18(4,5)11-20-15-9-6-12-10-13(19)7-8-14(12)15/h7-8,10,15,20H,6,9,11,19H2,1-5H3,(H,21,22). The number of aryl methyl sites for hydroxylation is 1. The van der Waals surface area contributed by atoms with E-state index >= 15 is 0 Å². The third-order valence-corrected chi connectivity index (χ3v) is 3.87. The van der Waals surface area contributed by atoms with Crippen LogP contribution in [0.5, 0.6) is 0 Å². The maximum Gasteiger partial charge on any atom is 0.408 e. The van der Waals surface area contributed by atoms with Gasteiger partial charge in [-0.05, 0) is 70.7 Å². The fraction of sp³-hybridized carbons (Fsp3) is 0.611. The summed E-state index contributed by atoms with van der Waals surface area (Å²) in [6, 6.07) is 6.42. The van der Waals surface area contributed by atoms with Crippen molar-refractivity contribution in [1.29, 1.82) is 0 Å². The molecule has 1 amide bonds. The number of carbonyl (C=O) groups excluding carboxylic acids is 1. The molecule has 1 aromatic carbocycles. The number of rotatable bonds is 4. The van der Waals surface area contributed by atoms with Gasteiger partial charge in [-0.25, -0.2) is 4.79 Å². The van der Waals surface area contributed by atoms with E-state index < -0.39 is 5.60 Å². The molecular formula is C18H29N3O2. The highest BCUT2D eigenvalue weighted by Gasteiger charge is 2.28. The van der Waals surface area contributed by atoms with Crippen LogP contribution in [0.1, 0.15) is 58.2 Å². The van der Waals surface area contributed by atoms with Crippen LogP contribution in [0.4, 0.5) is 10.5 Å². The predicted octanol–water partition coefficient (Wildman–Crippen LogP) is 3.15. The van der Waals surface area contributed by atoms with Crippen molar-refractivity contribution in [2.24, 2.45) is 0 Å². The van der Waals surface area contributed by atoms with E-state index in [-0.39, 0.29) is 11.6 Å². The lowest BCUT2D eigenvalue weighted by molar-refractivity contribution is 0.0470. The Kier molecular flexibility index (Phi) is 4.90. The number of nitrogens with one attached hydrogen (secondary N) is 2. The van der Waals surface area contributed by atoms with Crippen LogP contribution in [-0.4, -0.2) is 23.8 Å². The number of nitrogens with two attached hydrogens (primary N) is 1. The summed E-state index contributed by atoms with van der Waals surface area (Å²) in [5.74, 6) is 0. The summed E-state index contributed by atoms with van der Waals surface area (Å²) in [4.78, 5) is 11.9. The second-order valence-electron chi connectivity index (χ2n) is 7.94. The highest BCUT2D eigenvalue weighted by atomic mass is 16.6. The van der Waals surface area contributed by atoms with Crippen LogP contribution in [0.2, 0.25) is 0 Å². The van der Waals surface area contributed by atoms with Gasteiger partial charge in [-0.1, -0.05) is 6.07 Å². The molecule has 1 aliphatic rings. The average Bonchev–Trinajstić information content (AvgIpc) is 2.75. The zero-order chi connectivity index (χ0) is 17.3. The number of alkyl carbamates (subject to hydrolysis) is 1. The van der Waals surface area contributed by atoms with Gasteiger partial charge in [-0.15, -0.1) is 0 Å². The molecule has 0 bridgehead atoms. The van der Waals surface area contributed by atoms with Crippen LogP contribution in [0.25, 0.3) is 0 Å². The number of fused-ring (bicyclic) bond motifs is 1. The van der Waals surface area contributed by atoms with Crippen molar-refractivity contribution in [2.75, 3.05) is 12.3 Å². The molecule has 1 aromatic rings. The summed E-state index contributed by atoms with van der Waals surface area (Å²) in [5, 5.41) is 6.48. The predicted molar refractivity (Wildman–Crippen MR) is 93.4 cm³/mol. The first-order chi connectivity index (χ1) is 10.6. The van der Waals surface area contributed by atoms with Gasteiger partial charge in [0, 0.05) is 18.3 Å². The zero-order valence-electron chi connectivity index (χ0n) is 14.8. The van der Waals surface area contributed by atoms with Gasteiger partial charge in [-0.2, -0.15) is 0 Å². The van der Waals surface area contributed by atoms with E-state index in [0.29, 0.717) is 12.6 Å². The molecule has 1 unspecified atom stereocenters. The minimum atomic E-state index is -0.488. The molecule has 2 rings (SSSR count). The van der Waals surface area contributed by atoms with Crippen LogP contribution in [0, 0.1) is 0 Å². The number of amides is 1. The average molecular weight is 319 g/mol. The molecule has 4 N–H and O–H groups in total. The lowest BCUT2D eigenvalue weighted by Gasteiger charge is -2.30. The molecular weight excluding hydrogens is 290 g/mol. The van der Waals surface area contributed by atoms with Crippen molar-refractivity contribution in [3.8, 4) is 0 Å². The van der Waals surface area contributed by atoms with E-state index in [0.717, 1.165) is 18.5 Å². The number of benzene rings is 1. The molecule has 1 atom stereocenters. The topological polar surface area (TPSA) is 76.4 Å². The lowest BCUT2D eigenvalue weighted by Crippen LogP contribution is -2.52. The first kappa shape index (κ1) is 17.6. The number of carbonyl (C=O) groups is 1. The van der Waals surface area contributed by atoms with Crippen LogP contribution in [0.3, 0.4) is 0 Å². The summed E-state index contributed by atoms with van der Waals surface area (Å²) in [7, 11) is 0. The van der Waals surface area contributed by atoms with Crippen molar-refractivity contribution in [3.63, 3.8) is 0 Å². The minimum Gasteiger partial charge on any atom is -0.444 e. The quantitative estimate of drug-likeness (QED) is 0.745. The van der Waals surface area contributed by atoms with Crippen molar-refractivity contribution >= 4 is 11.8 Å². The molecule has 0 aromatic heterocycles. The SMILES string of the molecule is CC(C)(CNC1CCc2cc(N)ccc21)NC(=O)OC(C)(C)C. The molecule has 0 aliphatic heterocycles. The Balaban J connectivity index is 1.90. The Bertz CT molecular complexity index is 576. The Hall–Kier alpha value is -1.75. The fourth-order valence-electron chi connectivity index (χ4n) is 2.85. The van der Waals surface area contributed by atoms with Crippen molar-refractivity contribution < 1.29 is 9.53 Å². The van der Waals surface area contributed by atoms with Gasteiger partial charge in [0.25, 0.3) is 0 Å². The lowest BCUT2D eigenvalue weighted by atomic mass is 10.0. The highest BCUT2D eigenvalue weighted by molar-refractivity contribution is 5.68. The van der Waals surface area contributed by atoms with E-state index in [1.54, 1.807) is 0 Å². The molecule has 1 aliphatic carbocycles. The number of anilines is 1. The summed E-state index contributed by atoms with van der Waals surface area (Å²) < 4.78 is 5.32. The highest BCUT2D eigenvalue weighted by Crippen LogP contribution is 2.32. The second-order valence-corrected chi connectivity index (χ2v) is 7.94. The Morgan fingerprint density at radius 2 is 2.00 bits per heavy atom. The molecule has 5 heteroatoms.